The lowest BCUT2D eigenvalue weighted by atomic mass is 10.0. The van der Waals surface area contributed by atoms with Crippen LogP contribution >= 0.6 is 11.3 Å². The normalized spacial score (nSPS) is 12.1. The first kappa shape index (κ1) is 23.9. The average Bonchev–Trinajstić information content (AvgIpc) is 3.76. The largest absolute Gasteiger partial charge is 0.456 e. The Kier molecular flexibility index (Phi) is 4.87. The quantitative estimate of drug-likeness (QED) is 0.208. The van der Waals surface area contributed by atoms with Crippen LogP contribution in [0.1, 0.15) is 0 Å². The van der Waals surface area contributed by atoms with Crippen molar-refractivity contribution in [3.05, 3.63) is 140 Å². The van der Waals surface area contributed by atoms with E-state index >= 15 is 0 Å². The predicted molar refractivity (Wildman–Crippen MR) is 186 cm³/mol. The molecule has 3 heterocycles. The van der Waals surface area contributed by atoms with Crippen molar-refractivity contribution in [2.75, 3.05) is 4.90 Å². The number of nitrogens with zero attached hydrogens (tertiary/aromatic N) is 1. The SMILES string of the molecule is c1ccc2c(c1)ccc1sc3c(N(c4ccc5c(c4)oc4ccccc45)c4ccc5oc6ccccc6c5c4)cccc3c12. The average molecular weight is 582 g/mol. The second-order valence-electron chi connectivity index (χ2n) is 11.3. The summed E-state index contributed by atoms with van der Waals surface area (Å²) < 4.78 is 15.1. The molecule has 44 heavy (non-hydrogen) atoms. The molecule has 0 amide bonds. The monoisotopic (exact) mass is 581 g/mol. The summed E-state index contributed by atoms with van der Waals surface area (Å²) >= 11 is 1.85. The Hall–Kier alpha value is -5.58. The molecule has 0 aliphatic carbocycles. The molecule has 10 rings (SSSR count). The fraction of sp³-hybridized carbons (Fsp3) is 0. The molecule has 0 fully saturated rings. The van der Waals surface area contributed by atoms with Crippen LogP contribution in [0, 0.1) is 0 Å². The van der Waals surface area contributed by atoms with Crippen molar-refractivity contribution < 1.29 is 8.83 Å². The fourth-order valence-corrected chi connectivity index (χ4v) is 8.09. The second kappa shape index (κ2) is 8.96. The van der Waals surface area contributed by atoms with Crippen LogP contribution in [-0.4, -0.2) is 0 Å². The maximum atomic E-state index is 6.38. The van der Waals surface area contributed by atoms with Crippen molar-refractivity contribution in [2.24, 2.45) is 0 Å². The molecular weight excluding hydrogens is 559 g/mol. The third-order valence-electron chi connectivity index (χ3n) is 8.85. The lowest BCUT2D eigenvalue weighted by molar-refractivity contribution is 0.668. The fourth-order valence-electron chi connectivity index (χ4n) is 6.86. The zero-order valence-corrected chi connectivity index (χ0v) is 24.3. The molecule has 0 aliphatic heterocycles. The number of thiophene rings is 1. The van der Waals surface area contributed by atoms with Gasteiger partial charge in [-0.3, -0.25) is 0 Å². The van der Waals surface area contributed by atoms with Gasteiger partial charge in [0.15, 0.2) is 0 Å². The molecule has 0 aliphatic rings. The second-order valence-corrected chi connectivity index (χ2v) is 12.4. The standard InChI is InChI=1S/C40H23NO2S/c1-2-9-27-24(8-1)16-21-38-39(27)31-12-7-13-33(40(31)44-38)41(25-18-20-36-32(22-25)29-11-4-6-15-35(29)42-36)26-17-19-30-28-10-3-5-14-34(28)43-37(30)23-26/h1-23H. The van der Waals surface area contributed by atoms with E-state index in [0.29, 0.717) is 0 Å². The van der Waals surface area contributed by atoms with E-state index in [0.717, 1.165) is 60.9 Å². The van der Waals surface area contributed by atoms with Gasteiger partial charge in [0, 0.05) is 54.5 Å². The Balaban J connectivity index is 1.28. The lowest BCUT2D eigenvalue weighted by Gasteiger charge is -2.26. The number of furan rings is 2. The van der Waals surface area contributed by atoms with Gasteiger partial charge in [-0.2, -0.15) is 0 Å². The minimum Gasteiger partial charge on any atom is -0.456 e. The number of anilines is 3. The van der Waals surface area contributed by atoms with Gasteiger partial charge in [-0.1, -0.05) is 78.9 Å². The van der Waals surface area contributed by atoms with E-state index in [4.69, 9.17) is 8.83 Å². The Labute approximate surface area is 255 Å². The summed E-state index contributed by atoms with van der Waals surface area (Å²) in [6.07, 6.45) is 0. The van der Waals surface area contributed by atoms with Crippen LogP contribution in [0.15, 0.2) is 148 Å². The summed E-state index contributed by atoms with van der Waals surface area (Å²) in [5.74, 6) is 0. The van der Waals surface area contributed by atoms with Gasteiger partial charge >= 0.3 is 0 Å². The Bertz CT molecular complexity index is 2750. The summed E-state index contributed by atoms with van der Waals surface area (Å²) in [5, 5.41) is 9.59. The number of hydrogen-bond acceptors (Lipinski definition) is 4. The van der Waals surface area contributed by atoms with Gasteiger partial charge < -0.3 is 13.7 Å². The Morgan fingerprint density at radius 3 is 1.93 bits per heavy atom. The van der Waals surface area contributed by atoms with Gasteiger partial charge in [0.2, 0.25) is 0 Å². The van der Waals surface area contributed by atoms with E-state index in [2.05, 4.69) is 120 Å². The summed E-state index contributed by atoms with van der Waals surface area (Å²) in [6.45, 7) is 0. The summed E-state index contributed by atoms with van der Waals surface area (Å²) in [4.78, 5) is 2.37. The first-order valence-corrected chi connectivity index (χ1v) is 15.6. The topological polar surface area (TPSA) is 29.5 Å². The van der Waals surface area contributed by atoms with Crippen molar-refractivity contribution >= 4 is 103 Å². The number of rotatable bonds is 3. The van der Waals surface area contributed by atoms with Crippen LogP contribution in [0.2, 0.25) is 0 Å². The van der Waals surface area contributed by atoms with Crippen LogP contribution in [0.5, 0.6) is 0 Å². The molecule has 0 saturated carbocycles. The first-order valence-electron chi connectivity index (χ1n) is 14.8. The minimum absolute atomic E-state index is 0.873. The third kappa shape index (κ3) is 3.37. The molecule has 0 bridgehead atoms. The highest BCUT2D eigenvalue weighted by atomic mass is 32.1. The van der Waals surface area contributed by atoms with Crippen molar-refractivity contribution in [1.29, 1.82) is 0 Å². The molecule has 3 aromatic heterocycles. The zero-order valence-electron chi connectivity index (χ0n) is 23.5. The lowest BCUT2D eigenvalue weighted by Crippen LogP contribution is -2.10. The minimum atomic E-state index is 0.873. The molecule has 3 nitrogen and oxygen atoms in total. The summed E-state index contributed by atoms with van der Waals surface area (Å²) in [6, 6.07) is 49.4. The van der Waals surface area contributed by atoms with E-state index in [1.807, 2.05) is 35.6 Å². The van der Waals surface area contributed by atoms with Crippen molar-refractivity contribution in [2.45, 2.75) is 0 Å². The molecule has 0 atom stereocenters. The number of fused-ring (bicyclic) bond motifs is 11. The van der Waals surface area contributed by atoms with Crippen LogP contribution in [-0.2, 0) is 0 Å². The molecule has 0 radical (unpaired) electrons. The van der Waals surface area contributed by atoms with Crippen LogP contribution in [0.3, 0.4) is 0 Å². The van der Waals surface area contributed by atoms with E-state index in [9.17, 15) is 0 Å². The maximum Gasteiger partial charge on any atom is 0.137 e. The first-order chi connectivity index (χ1) is 21.8. The highest BCUT2D eigenvalue weighted by Crippen LogP contribution is 2.47. The molecule has 0 spiro atoms. The highest BCUT2D eigenvalue weighted by molar-refractivity contribution is 7.26. The Morgan fingerprint density at radius 1 is 0.432 bits per heavy atom. The summed E-state index contributed by atoms with van der Waals surface area (Å²) in [5.41, 5.74) is 6.79. The molecule has 4 heteroatoms. The molecule has 0 unspecified atom stereocenters. The van der Waals surface area contributed by atoms with Crippen LogP contribution < -0.4 is 4.90 Å². The van der Waals surface area contributed by atoms with Crippen molar-refractivity contribution in [1.82, 2.24) is 0 Å². The van der Waals surface area contributed by atoms with Gasteiger partial charge in [-0.15, -0.1) is 11.3 Å². The van der Waals surface area contributed by atoms with Crippen molar-refractivity contribution in [3.8, 4) is 0 Å². The molecular formula is C40H23NO2S. The smallest absolute Gasteiger partial charge is 0.137 e. The van der Waals surface area contributed by atoms with Crippen LogP contribution in [0.4, 0.5) is 17.1 Å². The number of hydrogen-bond donors (Lipinski definition) is 0. The highest BCUT2D eigenvalue weighted by Gasteiger charge is 2.21. The van der Waals surface area contributed by atoms with Gasteiger partial charge in [0.05, 0.1) is 10.4 Å². The summed E-state index contributed by atoms with van der Waals surface area (Å²) in [7, 11) is 0. The zero-order chi connectivity index (χ0) is 28.8. The maximum absolute atomic E-state index is 6.38. The van der Waals surface area contributed by atoms with Gasteiger partial charge in [-0.05, 0) is 65.4 Å². The molecule has 206 valence electrons. The number of para-hydroxylation sites is 2. The predicted octanol–water partition coefficient (Wildman–Crippen LogP) is 12.5. The molecule has 0 saturated heterocycles. The van der Waals surface area contributed by atoms with E-state index in [1.165, 1.54) is 30.9 Å². The van der Waals surface area contributed by atoms with Crippen molar-refractivity contribution in [3.63, 3.8) is 0 Å². The molecule has 7 aromatic carbocycles. The van der Waals surface area contributed by atoms with Gasteiger partial charge in [0.25, 0.3) is 0 Å². The van der Waals surface area contributed by atoms with E-state index < -0.39 is 0 Å². The van der Waals surface area contributed by atoms with E-state index in [-0.39, 0.29) is 0 Å². The molecule has 10 aromatic rings. The number of benzene rings is 7. The third-order valence-corrected chi connectivity index (χ3v) is 10.0. The van der Waals surface area contributed by atoms with Gasteiger partial charge in [0.1, 0.15) is 22.3 Å². The van der Waals surface area contributed by atoms with E-state index in [1.54, 1.807) is 0 Å². The molecule has 0 N–H and O–H groups in total. The Morgan fingerprint density at radius 2 is 1.07 bits per heavy atom. The van der Waals surface area contributed by atoms with Crippen LogP contribution in [0.25, 0.3) is 74.8 Å². The van der Waals surface area contributed by atoms with Gasteiger partial charge in [-0.25, -0.2) is 0 Å².